The van der Waals surface area contributed by atoms with E-state index in [2.05, 4.69) is 23.5 Å². The smallest absolute Gasteiger partial charge is 0.0704 e. The monoisotopic (exact) mass is 231 g/mol. The molecule has 0 bridgehead atoms. The number of nitrogens with one attached hydrogen (secondary N) is 1. The van der Waals surface area contributed by atoms with E-state index in [1.165, 1.54) is 48.8 Å². The Hall–Kier alpha value is -0.860. The minimum atomic E-state index is -0.241. The fourth-order valence-corrected chi connectivity index (χ4v) is 2.69. The van der Waals surface area contributed by atoms with Crippen LogP contribution < -0.4 is 5.32 Å². The lowest BCUT2D eigenvalue weighted by atomic mass is 10.0. The van der Waals surface area contributed by atoms with Crippen molar-refractivity contribution in [2.45, 2.75) is 50.7 Å². The summed E-state index contributed by atoms with van der Waals surface area (Å²) in [7, 11) is 0. The van der Waals surface area contributed by atoms with Crippen molar-refractivity contribution in [2.75, 3.05) is 6.54 Å². The summed E-state index contributed by atoms with van der Waals surface area (Å²) in [6.45, 7) is 0.738. The average molecular weight is 231 g/mol. The summed E-state index contributed by atoms with van der Waals surface area (Å²) in [5.74, 6) is 0. The van der Waals surface area contributed by atoms with Crippen molar-refractivity contribution >= 4 is 0 Å². The van der Waals surface area contributed by atoms with E-state index in [0.717, 1.165) is 13.0 Å². The lowest BCUT2D eigenvalue weighted by Gasteiger charge is -2.12. The molecule has 17 heavy (non-hydrogen) atoms. The van der Waals surface area contributed by atoms with Gasteiger partial charge in [-0.05, 0) is 55.2 Å². The molecule has 0 radical (unpaired) electrons. The number of aliphatic hydroxyl groups excluding tert-OH is 1. The standard InChI is InChI=1S/C15H21NO/c17-15(10-16-14-6-7-14)9-11-4-5-12-2-1-3-13(12)8-11/h4-5,8,14-17H,1-3,6-7,9-10H2. The van der Waals surface area contributed by atoms with Crippen LogP contribution in [-0.2, 0) is 19.3 Å². The van der Waals surface area contributed by atoms with Crippen LogP contribution in [0.15, 0.2) is 18.2 Å². The molecule has 2 aliphatic carbocycles. The van der Waals surface area contributed by atoms with Gasteiger partial charge < -0.3 is 10.4 Å². The summed E-state index contributed by atoms with van der Waals surface area (Å²) in [5, 5.41) is 13.3. The topological polar surface area (TPSA) is 32.3 Å². The van der Waals surface area contributed by atoms with Crippen LogP contribution in [0.25, 0.3) is 0 Å². The molecule has 0 amide bonds. The lowest BCUT2D eigenvalue weighted by Crippen LogP contribution is -2.29. The van der Waals surface area contributed by atoms with Crippen LogP contribution in [0.1, 0.15) is 36.0 Å². The van der Waals surface area contributed by atoms with Gasteiger partial charge in [0.2, 0.25) is 0 Å². The highest BCUT2D eigenvalue weighted by Crippen LogP contribution is 2.23. The van der Waals surface area contributed by atoms with Gasteiger partial charge in [0.15, 0.2) is 0 Å². The van der Waals surface area contributed by atoms with E-state index in [-0.39, 0.29) is 6.10 Å². The summed E-state index contributed by atoms with van der Waals surface area (Å²) in [6, 6.07) is 7.41. The molecule has 1 saturated carbocycles. The molecule has 1 fully saturated rings. The molecule has 1 unspecified atom stereocenters. The van der Waals surface area contributed by atoms with Crippen molar-refractivity contribution in [1.82, 2.24) is 5.32 Å². The Morgan fingerprint density at radius 1 is 1.24 bits per heavy atom. The number of hydrogen-bond donors (Lipinski definition) is 2. The van der Waals surface area contributed by atoms with E-state index in [1.54, 1.807) is 0 Å². The van der Waals surface area contributed by atoms with Gasteiger partial charge in [0.05, 0.1) is 6.10 Å². The zero-order chi connectivity index (χ0) is 11.7. The van der Waals surface area contributed by atoms with Gasteiger partial charge in [-0.1, -0.05) is 18.2 Å². The van der Waals surface area contributed by atoms with Gasteiger partial charge in [-0.15, -0.1) is 0 Å². The van der Waals surface area contributed by atoms with E-state index < -0.39 is 0 Å². The molecule has 1 atom stereocenters. The third-order valence-corrected chi connectivity index (χ3v) is 3.85. The molecule has 2 nitrogen and oxygen atoms in total. The Balaban J connectivity index is 1.56. The van der Waals surface area contributed by atoms with E-state index >= 15 is 0 Å². The van der Waals surface area contributed by atoms with Crippen LogP contribution in [-0.4, -0.2) is 23.8 Å². The Bertz CT molecular complexity index is 398. The van der Waals surface area contributed by atoms with Crippen LogP contribution in [0.3, 0.4) is 0 Å². The average Bonchev–Trinajstić information content (AvgIpc) is 3.04. The maximum Gasteiger partial charge on any atom is 0.0704 e. The molecule has 2 aliphatic rings. The number of fused-ring (bicyclic) bond motifs is 1. The molecule has 0 aromatic heterocycles. The van der Waals surface area contributed by atoms with Gasteiger partial charge in [0, 0.05) is 12.6 Å². The summed E-state index contributed by atoms with van der Waals surface area (Å²) >= 11 is 0. The number of aryl methyl sites for hydroxylation is 2. The van der Waals surface area contributed by atoms with Crippen LogP contribution in [0, 0.1) is 0 Å². The summed E-state index contributed by atoms with van der Waals surface area (Å²) in [5.41, 5.74) is 4.31. The molecular weight excluding hydrogens is 210 g/mol. The number of hydrogen-bond acceptors (Lipinski definition) is 2. The molecule has 0 heterocycles. The fourth-order valence-electron chi connectivity index (χ4n) is 2.69. The molecule has 92 valence electrons. The number of benzene rings is 1. The maximum atomic E-state index is 9.97. The Morgan fingerprint density at radius 3 is 2.88 bits per heavy atom. The lowest BCUT2D eigenvalue weighted by molar-refractivity contribution is 0.171. The quantitative estimate of drug-likeness (QED) is 0.810. The molecule has 0 aliphatic heterocycles. The zero-order valence-electron chi connectivity index (χ0n) is 10.3. The first-order chi connectivity index (χ1) is 8.31. The van der Waals surface area contributed by atoms with Gasteiger partial charge in [-0.3, -0.25) is 0 Å². The van der Waals surface area contributed by atoms with Gasteiger partial charge in [-0.25, -0.2) is 0 Å². The first-order valence-electron chi connectivity index (χ1n) is 6.83. The van der Waals surface area contributed by atoms with Gasteiger partial charge in [0.25, 0.3) is 0 Å². The second-order valence-corrected chi connectivity index (χ2v) is 5.50. The second kappa shape index (κ2) is 4.79. The summed E-state index contributed by atoms with van der Waals surface area (Å²) in [4.78, 5) is 0. The normalized spacial score (nSPS) is 20.3. The molecule has 1 aromatic carbocycles. The van der Waals surface area contributed by atoms with E-state index in [0.29, 0.717) is 6.04 Å². The largest absolute Gasteiger partial charge is 0.391 e. The number of aliphatic hydroxyl groups is 1. The molecule has 2 heteroatoms. The van der Waals surface area contributed by atoms with Gasteiger partial charge in [-0.2, -0.15) is 0 Å². The fraction of sp³-hybridized carbons (Fsp3) is 0.600. The van der Waals surface area contributed by atoms with Crippen molar-refractivity contribution in [2.24, 2.45) is 0 Å². The summed E-state index contributed by atoms with van der Waals surface area (Å²) < 4.78 is 0. The predicted octanol–water partition coefficient (Wildman–Crippen LogP) is 1.83. The minimum absolute atomic E-state index is 0.241. The highest BCUT2D eigenvalue weighted by Gasteiger charge is 2.21. The molecule has 2 N–H and O–H groups in total. The SMILES string of the molecule is OC(CNC1CC1)Cc1ccc2c(c1)CCC2. The first kappa shape index (κ1) is 11.2. The second-order valence-electron chi connectivity index (χ2n) is 5.50. The Kier molecular flexibility index (Phi) is 3.17. The summed E-state index contributed by atoms with van der Waals surface area (Å²) in [6.07, 6.45) is 6.87. The van der Waals surface area contributed by atoms with E-state index in [1.807, 2.05) is 0 Å². The molecule has 1 aromatic rings. The molecular formula is C15H21NO. The van der Waals surface area contributed by atoms with Crippen LogP contribution in [0.2, 0.25) is 0 Å². The van der Waals surface area contributed by atoms with Crippen LogP contribution in [0.5, 0.6) is 0 Å². The number of rotatable bonds is 5. The maximum absolute atomic E-state index is 9.97. The van der Waals surface area contributed by atoms with E-state index in [9.17, 15) is 5.11 Å². The third-order valence-electron chi connectivity index (χ3n) is 3.85. The molecule has 3 rings (SSSR count). The van der Waals surface area contributed by atoms with Crippen molar-refractivity contribution in [3.8, 4) is 0 Å². The predicted molar refractivity (Wildman–Crippen MR) is 69.2 cm³/mol. The Morgan fingerprint density at radius 2 is 2.06 bits per heavy atom. The molecule has 0 spiro atoms. The van der Waals surface area contributed by atoms with Gasteiger partial charge in [0.1, 0.15) is 0 Å². The van der Waals surface area contributed by atoms with Gasteiger partial charge >= 0.3 is 0 Å². The van der Waals surface area contributed by atoms with Crippen molar-refractivity contribution in [3.63, 3.8) is 0 Å². The highest BCUT2D eigenvalue weighted by atomic mass is 16.3. The van der Waals surface area contributed by atoms with Crippen LogP contribution >= 0.6 is 0 Å². The van der Waals surface area contributed by atoms with Crippen molar-refractivity contribution in [3.05, 3.63) is 34.9 Å². The Labute approximate surface area is 103 Å². The minimum Gasteiger partial charge on any atom is -0.391 e. The first-order valence-corrected chi connectivity index (χ1v) is 6.83. The third kappa shape index (κ3) is 2.88. The molecule has 0 saturated heterocycles. The van der Waals surface area contributed by atoms with E-state index in [4.69, 9.17) is 0 Å². The van der Waals surface area contributed by atoms with Crippen molar-refractivity contribution < 1.29 is 5.11 Å². The van der Waals surface area contributed by atoms with Crippen molar-refractivity contribution in [1.29, 1.82) is 0 Å². The van der Waals surface area contributed by atoms with Crippen LogP contribution in [0.4, 0.5) is 0 Å². The highest BCUT2D eigenvalue weighted by molar-refractivity contribution is 5.35. The zero-order valence-corrected chi connectivity index (χ0v) is 10.3.